The van der Waals surface area contributed by atoms with Crippen molar-refractivity contribution in [1.82, 2.24) is 9.97 Å². The number of hydrogen-bond donors (Lipinski definition) is 1. The molecule has 1 aromatic heterocycles. The summed E-state index contributed by atoms with van der Waals surface area (Å²) in [6, 6.07) is 6.36. The van der Waals surface area contributed by atoms with Gasteiger partial charge in [0.25, 0.3) is 0 Å². The third kappa shape index (κ3) is 3.80. The second-order valence-electron chi connectivity index (χ2n) is 5.25. The first-order valence-electron chi connectivity index (χ1n) is 6.88. The summed E-state index contributed by atoms with van der Waals surface area (Å²) in [4.78, 5) is 9.04. The van der Waals surface area contributed by atoms with Crippen LogP contribution in [0.15, 0.2) is 29.4 Å². The number of nitrogens with zero attached hydrogens (tertiary/aromatic N) is 2. The molecule has 1 aromatic carbocycles. The van der Waals surface area contributed by atoms with E-state index in [-0.39, 0.29) is 17.1 Å². The maximum absolute atomic E-state index is 13.1. The van der Waals surface area contributed by atoms with Crippen LogP contribution in [0.1, 0.15) is 34.7 Å². The van der Waals surface area contributed by atoms with Crippen molar-refractivity contribution in [2.24, 2.45) is 5.73 Å². The maximum atomic E-state index is 13.1. The molecule has 2 atom stereocenters. The molecular formula is C16H20FN3S. The van der Waals surface area contributed by atoms with Crippen molar-refractivity contribution in [3.05, 3.63) is 52.6 Å². The minimum absolute atomic E-state index is 0.00731. The molecule has 21 heavy (non-hydrogen) atoms. The molecule has 0 amide bonds. The molecule has 2 unspecified atom stereocenters. The number of benzene rings is 1. The van der Waals surface area contributed by atoms with Gasteiger partial charge in [0.1, 0.15) is 5.82 Å². The smallest absolute Gasteiger partial charge is 0.188 e. The molecule has 0 aliphatic carbocycles. The molecule has 1 heterocycles. The van der Waals surface area contributed by atoms with Gasteiger partial charge in [0.2, 0.25) is 0 Å². The van der Waals surface area contributed by atoms with Crippen LogP contribution in [-0.4, -0.2) is 16.0 Å². The van der Waals surface area contributed by atoms with Gasteiger partial charge in [-0.2, -0.15) is 0 Å². The van der Waals surface area contributed by atoms with Crippen molar-refractivity contribution in [2.45, 2.75) is 44.1 Å². The monoisotopic (exact) mass is 305 g/mol. The molecule has 0 radical (unpaired) electrons. The van der Waals surface area contributed by atoms with Gasteiger partial charge in [-0.1, -0.05) is 23.9 Å². The van der Waals surface area contributed by atoms with Gasteiger partial charge in [0.15, 0.2) is 5.16 Å². The average Bonchev–Trinajstić information content (AvgIpc) is 2.43. The van der Waals surface area contributed by atoms with Crippen LogP contribution in [0.5, 0.6) is 0 Å². The highest BCUT2D eigenvalue weighted by atomic mass is 32.2. The second-order valence-corrected chi connectivity index (χ2v) is 6.36. The largest absolute Gasteiger partial charge is 0.327 e. The van der Waals surface area contributed by atoms with Gasteiger partial charge in [-0.3, -0.25) is 0 Å². The van der Waals surface area contributed by atoms with Crippen LogP contribution in [0.2, 0.25) is 0 Å². The van der Waals surface area contributed by atoms with Gasteiger partial charge in [-0.25, -0.2) is 14.4 Å². The summed E-state index contributed by atoms with van der Waals surface area (Å²) in [5.41, 5.74) is 10.1. The van der Waals surface area contributed by atoms with Crippen molar-refractivity contribution >= 4 is 11.8 Å². The summed E-state index contributed by atoms with van der Waals surface area (Å²) >= 11 is 1.52. The first-order valence-corrected chi connectivity index (χ1v) is 7.76. The quantitative estimate of drug-likeness (QED) is 0.691. The Balaban J connectivity index is 2.30. The Morgan fingerprint density at radius 1 is 1.05 bits per heavy atom. The minimum Gasteiger partial charge on any atom is -0.327 e. The first-order chi connectivity index (χ1) is 9.88. The third-order valence-corrected chi connectivity index (χ3v) is 4.87. The molecular weight excluding hydrogens is 285 g/mol. The number of nitrogens with two attached hydrogens (primary N) is 1. The maximum Gasteiger partial charge on any atom is 0.188 e. The van der Waals surface area contributed by atoms with Crippen LogP contribution in [0.25, 0.3) is 0 Å². The van der Waals surface area contributed by atoms with Crippen molar-refractivity contribution in [1.29, 1.82) is 0 Å². The first kappa shape index (κ1) is 15.9. The van der Waals surface area contributed by atoms with E-state index >= 15 is 0 Å². The Labute approximate surface area is 129 Å². The minimum atomic E-state index is -0.245. The van der Waals surface area contributed by atoms with Crippen LogP contribution in [0, 0.1) is 26.6 Å². The summed E-state index contributed by atoms with van der Waals surface area (Å²) in [6.07, 6.45) is 0. The molecule has 0 saturated carbocycles. The fourth-order valence-electron chi connectivity index (χ4n) is 2.04. The molecule has 0 fully saturated rings. The molecule has 2 N–H and O–H groups in total. The highest BCUT2D eigenvalue weighted by Crippen LogP contribution is 2.35. The molecule has 0 bridgehead atoms. The lowest BCUT2D eigenvalue weighted by molar-refractivity contribution is 0.625. The molecule has 0 saturated heterocycles. The van der Waals surface area contributed by atoms with E-state index in [1.54, 1.807) is 12.1 Å². The lowest BCUT2D eigenvalue weighted by atomic mass is 10.1. The molecule has 2 rings (SSSR count). The van der Waals surface area contributed by atoms with Crippen molar-refractivity contribution in [2.75, 3.05) is 0 Å². The van der Waals surface area contributed by atoms with E-state index < -0.39 is 0 Å². The summed E-state index contributed by atoms with van der Waals surface area (Å²) < 4.78 is 13.1. The van der Waals surface area contributed by atoms with Crippen LogP contribution in [0.3, 0.4) is 0 Å². The zero-order chi connectivity index (χ0) is 15.6. The topological polar surface area (TPSA) is 51.8 Å². The van der Waals surface area contributed by atoms with E-state index in [2.05, 4.69) is 9.97 Å². The molecule has 0 aliphatic rings. The zero-order valence-corrected chi connectivity index (χ0v) is 13.5. The van der Waals surface area contributed by atoms with Crippen molar-refractivity contribution in [3.63, 3.8) is 0 Å². The van der Waals surface area contributed by atoms with E-state index in [9.17, 15) is 4.39 Å². The lowest BCUT2D eigenvalue weighted by Gasteiger charge is -2.20. The average molecular weight is 305 g/mol. The van der Waals surface area contributed by atoms with E-state index in [4.69, 9.17) is 5.73 Å². The highest BCUT2D eigenvalue weighted by molar-refractivity contribution is 7.99. The standard InChI is InChI=1S/C16H20FN3S/c1-9-11(3)19-16(20-12(9)4)21-15(10(2)18)13-5-7-14(17)8-6-13/h5-8,10,15H,18H2,1-4H3. The van der Waals surface area contributed by atoms with Gasteiger partial charge in [-0.15, -0.1) is 0 Å². The summed E-state index contributed by atoms with van der Waals surface area (Å²) in [7, 11) is 0. The van der Waals surface area contributed by atoms with Gasteiger partial charge >= 0.3 is 0 Å². The number of hydrogen-bond acceptors (Lipinski definition) is 4. The van der Waals surface area contributed by atoms with Crippen LogP contribution < -0.4 is 5.73 Å². The number of aromatic nitrogens is 2. The second kappa shape index (κ2) is 6.54. The fourth-order valence-corrected chi connectivity index (χ4v) is 3.15. The Morgan fingerprint density at radius 2 is 1.57 bits per heavy atom. The van der Waals surface area contributed by atoms with Crippen LogP contribution in [-0.2, 0) is 0 Å². The van der Waals surface area contributed by atoms with Crippen LogP contribution >= 0.6 is 11.8 Å². The number of halogens is 1. The third-order valence-electron chi connectivity index (χ3n) is 3.52. The van der Waals surface area contributed by atoms with Gasteiger partial charge in [-0.05, 0) is 51.0 Å². The zero-order valence-electron chi connectivity index (χ0n) is 12.7. The highest BCUT2D eigenvalue weighted by Gasteiger charge is 2.20. The number of aryl methyl sites for hydroxylation is 2. The SMILES string of the molecule is Cc1nc(SC(c2ccc(F)cc2)C(C)N)nc(C)c1C. The Hall–Kier alpha value is -1.46. The predicted molar refractivity (Wildman–Crippen MR) is 84.9 cm³/mol. The van der Waals surface area contributed by atoms with E-state index in [1.165, 1.54) is 23.9 Å². The molecule has 0 aliphatic heterocycles. The van der Waals surface area contributed by atoms with E-state index in [0.717, 1.165) is 22.5 Å². The Kier molecular flexibility index (Phi) is 4.96. The van der Waals surface area contributed by atoms with Gasteiger partial charge in [0, 0.05) is 17.4 Å². The Morgan fingerprint density at radius 3 is 2.05 bits per heavy atom. The van der Waals surface area contributed by atoms with E-state index in [0.29, 0.717) is 5.16 Å². The number of thioether (sulfide) groups is 1. The van der Waals surface area contributed by atoms with Crippen molar-refractivity contribution in [3.8, 4) is 0 Å². The fraction of sp³-hybridized carbons (Fsp3) is 0.375. The molecule has 112 valence electrons. The normalized spacial score (nSPS) is 14.0. The molecule has 3 nitrogen and oxygen atoms in total. The van der Waals surface area contributed by atoms with Gasteiger partial charge in [0.05, 0.1) is 5.25 Å². The number of rotatable bonds is 4. The lowest BCUT2D eigenvalue weighted by Crippen LogP contribution is -2.23. The van der Waals surface area contributed by atoms with Crippen LogP contribution in [0.4, 0.5) is 4.39 Å². The van der Waals surface area contributed by atoms with Crippen molar-refractivity contribution < 1.29 is 4.39 Å². The van der Waals surface area contributed by atoms with Gasteiger partial charge < -0.3 is 5.73 Å². The predicted octanol–water partition coefficient (Wildman–Crippen LogP) is 3.72. The molecule has 0 spiro atoms. The molecule has 2 aromatic rings. The summed E-state index contributed by atoms with van der Waals surface area (Å²) in [5, 5.41) is 0.703. The Bertz CT molecular complexity index is 603. The summed E-state index contributed by atoms with van der Waals surface area (Å²) in [6.45, 7) is 7.91. The van der Waals surface area contributed by atoms with E-state index in [1.807, 2.05) is 27.7 Å². The summed E-state index contributed by atoms with van der Waals surface area (Å²) in [5.74, 6) is -0.245. The molecule has 5 heteroatoms.